The summed E-state index contributed by atoms with van der Waals surface area (Å²) in [5.41, 5.74) is 1.27. The summed E-state index contributed by atoms with van der Waals surface area (Å²) in [5.74, 6) is -1.48. The average Bonchev–Trinajstić information content (AvgIpc) is 2.85. The molecule has 5 nitrogen and oxygen atoms in total. The van der Waals surface area contributed by atoms with Crippen LogP contribution >= 0.6 is 35.0 Å². The molecule has 1 fully saturated rings. The van der Waals surface area contributed by atoms with Gasteiger partial charge in [0, 0.05) is 15.6 Å². The molecule has 1 N–H and O–H groups in total. The van der Waals surface area contributed by atoms with Crippen molar-refractivity contribution in [2.75, 3.05) is 0 Å². The highest BCUT2D eigenvalue weighted by molar-refractivity contribution is 8.18. The second-order valence-electron chi connectivity index (χ2n) is 5.40. The Morgan fingerprint density at radius 2 is 1.69 bits per heavy atom. The summed E-state index contributed by atoms with van der Waals surface area (Å²) in [7, 11) is 0. The third-order valence-corrected chi connectivity index (χ3v) is 5.32. The SMILES string of the molecule is O=C(O)c1ccc(/C=C2\SC(=O)N(Cc3c(Cl)cccc3Cl)C2=O)cc1. The Bertz CT molecular complexity index is 920. The molecule has 0 spiro atoms. The van der Waals surface area contributed by atoms with Gasteiger partial charge in [0.15, 0.2) is 0 Å². The quantitative estimate of drug-likeness (QED) is 0.727. The van der Waals surface area contributed by atoms with Crippen molar-refractivity contribution in [1.29, 1.82) is 0 Å². The molecule has 1 aliphatic rings. The van der Waals surface area contributed by atoms with Crippen LogP contribution in [0.3, 0.4) is 0 Å². The molecule has 2 amide bonds. The number of nitrogens with zero attached hydrogens (tertiary/aromatic N) is 1. The predicted octanol–water partition coefficient (Wildman–Crippen LogP) is 4.93. The number of halogens is 2. The highest BCUT2D eigenvalue weighted by Gasteiger charge is 2.35. The molecule has 1 heterocycles. The predicted molar refractivity (Wildman–Crippen MR) is 101 cm³/mol. The summed E-state index contributed by atoms with van der Waals surface area (Å²) < 4.78 is 0. The molecule has 1 saturated heterocycles. The zero-order valence-corrected chi connectivity index (χ0v) is 15.4. The van der Waals surface area contributed by atoms with E-state index in [0.717, 1.165) is 16.7 Å². The maximum atomic E-state index is 12.6. The van der Waals surface area contributed by atoms with Gasteiger partial charge in [-0.25, -0.2) is 4.79 Å². The van der Waals surface area contributed by atoms with Crippen molar-refractivity contribution >= 4 is 58.2 Å². The zero-order valence-electron chi connectivity index (χ0n) is 13.1. The van der Waals surface area contributed by atoms with Crippen LogP contribution in [0.5, 0.6) is 0 Å². The number of hydrogen-bond acceptors (Lipinski definition) is 4. The van der Waals surface area contributed by atoms with Crippen LogP contribution in [0, 0.1) is 0 Å². The minimum absolute atomic E-state index is 0.0154. The van der Waals surface area contributed by atoms with Gasteiger partial charge < -0.3 is 5.11 Å². The van der Waals surface area contributed by atoms with Crippen LogP contribution in [-0.2, 0) is 11.3 Å². The maximum absolute atomic E-state index is 12.6. The first-order valence-corrected chi connectivity index (χ1v) is 8.95. The van der Waals surface area contributed by atoms with Gasteiger partial charge in [0.1, 0.15) is 0 Å². The number of hydrogen-bond donors (Lipinski definition) is 1. The van der Waals surface area contributed by atoms with Crippen molar-refractivity contribution in [2.24, 2.45) is 0 Å². The van der Waals surface area contributed by atoms with Gasteiger partial charge in [-0.1, -0.05) is 41.4 Å². The molecule has 0 atom stereocenters. The Kier molecular flexibility index (Phi) is 5.36. The minimum atomic E-state index is -1.03. The summed E-state index contributed by atoms with van der Waals surface area (Å²) in [6.45, 7) is -0.0154. The first-order valence-electron chi connectivity index (χ1n) is 7.38. The lowest BCUT2D eigenvalue weighted by atomic mass is 10.1. The van der Waals surface area contributed by atoms with Gasteiger partial charge in [-0.15, -0.1) is 0 Å². The smallest absolute Gasteiger partial charge is 0.335 e. The van der Waals surface area contributed by atoms with Crippen molar-refractivity contribution < 1.29 is 19.5 Å². The van der Waals surface area contributed by atoms with Crippen molar-refractivity contribution in [3.63, 3.8) is 0 Å². The topological polar surface area (TPSA) is 74.7 Å². The number of carbonyl (C=O) groups excluding carboxylic acids is 2. The first kappa shape index (κ1) is 18.5. The number of imide groups is 1. The minimum Gasteiger partial charge on any atom is -0.478 e. The summed E-state index contributed by atoms with van der Waals surface area (Å²) in [4.78, 5) is 37.0. The third-order valence-electron chi connectivity index (χ3n) is 3.71. The molecule has 26 heavy (non-hydrogen) atoms. The Balaban J connectivity index is 1.83. The molecule has 0 saturated carbocycles. The van der Waals surface area contributed by atoms with Gasteiger partial charge >= 0.3 is 5.97 Å². The first-order chi connectivity index (χ1) is 12.4. The number of carbonyl (C=O) groups is 3. The van der Waals surface area contributed by atoms with Gasteiger partial charge in [0.05, 0.1) is 17.0 Å². The largest absolute Gasteiger partial charge is 0.478 e. The van der Waals surface area contributed by atoms with Gasteiger partial charge in [0.25, 0.3) is 11.1 Å². The lowest BCUT2D eigenvalue weighted by Crippen LogP contribution is -2.27. The molecular weight excluding hydrogens is 397 g/mol. The Morgan fingerprint density at radius 1 is 1.08 bits per heavy atom. The molecule has 1 aliphatic heterocycles. The van der Waals surface area contributed by atoms with Crippen molar-refractivity contribution in [3.05, 3.63) is 74.1 Å². The van der Waals surface area contributed by atoms with Crippen LogP contribution in [0.25, 0.3) is 6.08 Å². The normalized spacial score (nSPS) is 15.8. The van der Waals surface area contributed by atoms with E-state index in [-0.39, 0.29) is 17.0 Å². The number of carboxylic acid groups (broad SMARTS) is 1. The molecule has 3 rings (SSSR count). The Hall–Kier alpha value is -2.28. The fourth-order valence-electron chi connectivity index (χ4n) is 2.35. The lowest BCUT2D eigenvalue weighted by Gasteiger charge is -2.14. The second kappa shape index (κ2) is 7.53. The van der Waals surface area contributed by atoms with E-state index >= 15 is 0 Å². The number of rotatable bonds is 4. The number of benzene rings is 2. The molecule has 0 aromatic heterocycles. The van der Waals surface area contributed by atoms with Crippen molar-refractivity contribution in [2.45, 2.75) is 6.54 Å². The molecule has 0 aliphatic carbocycles. The van der Waals surface area contributed by atoms with E-state index in [1.165, 1.54) is 12.1 Å². The maximum Gasteiger partial charge on any atom is 0.335 e. The van der Waals surface area contributed by atoms with Gasteiger partial charge in [-0.05, 0) is 47.7 Å². The average molecular weight is 408 g/mol. The van der Waals surface area contributed by atoms with E-state index in [0.29, 0.717) is 21.2 Å². The van der Waals surface area contributed by atoms with Crippen molar-refractivity contribution in [3.8, 4) is 0 Å². The molecule has 0 unspecified atom stereocenters. The van der Waals surface area contributed by atoms with E-state index in [1.54, 1.807) is 36.4 Å². The molecule has 132 valence electrons. The fourth-order valence-corrected chi connectivity index (χ4v) is 3.71. The number of thioether (sulfide) groups is 1. The lowest BCUT2D eigenvalue weighted by molar-refractivity contribution is -0.123. The Morgan fingerprint density at radius 3 is 2.27 bits per heavy atom. The molecule has 2 aromatic rings. The van der Waals surface area contributed by atoms with Crippen LogP contribution in [0.15, 0.2) is 47.4 Å². The van der Waals surface area contributed by atoms with Crippen LogP contribution in [-0.4, -0.2) is 27.1 Å². The molecule has 8 heteroatoms. The van der Waals surface area contributed by atoms with E-state index in [2.05, 4.69) is 0 Å². The highest BCUT2D eigenvalue weighted by atomic mass is 35.5. The second-order valence-corrected chi connectivity index (χ2v) is 7.20. The standard InChI is InChI=1S/C18H11Cl2NO4S/c19-13-2-1-3-14(20)12(13)9-21-16(22)15(26-18(21)25)8-10-4-6-11(7-5-10)17(23)24/h1-8H,9H2,(H,23,24)/b15-8-. The molecular formula is C18H11Cl2NO4S. The van der Waals surface area contributed by atoms with E-state index < -0.39 is 17.1 Å². The van der Waals surface area contributed by atoms with Gasteiger partial charge in [0.2, 0.25) is 0 Å². The molecule has 0 bridgehead atoms. The number of aromatic carboxylic acids is 1. The highest BCUT2D eigenvalue weighted by Crippen LogP contribution is 2.35. The van der Waals surface area contributed by atoms with Crippen molar-refractivity contribution in [1.82, 2.24) is 4.90 Å². The fraction of sp³-hybridized carbons (Fsp3) is 0.0556. The third kappa shape index (κ3) is 3.77. The van der Waals surface area contributed by atoms with E-state index in [1.807, 2.05) is 0 Å². The van der Waals surface area contributed by atoms with Crippen LogP contribution in [0.4, 0.5) is 4.79 Å². The van der Waals surface area contributed by atoms with Crippen LogP contribution < -0.4 is 0 Å². The van der Waals surface area contributed by atoms with Gasteiger partial charge in [-0.3, -0.25) is 14.5 Å². The van der Waals surface area contributed by atoms with Gasteiger partial charge in [-0.2, -0.15) is 0 Å². The van der Waals surface area contributed by atoms with E-state index in [4.69, 9.17) is 28.3 Å². The van der Waals surface area contributed by atoms with Crippen LogP contribution in [0.1, 0.15) is 21.5 Å². The number of carboxylic acids is 1. The number of amides is 2. The molecule has 0 radical (unpaired) electrons. The Labute approximate surface area is 163 Å². The monoisotopic (exact) mass is 407 g/mol. The summed E-state index contributed by atoms with van der Waals surface area (Å²) >= 11 is 13.0. The summed E-state index contributed by atoms with van der Waals surface area (Å²) in [6.07, 6.45) is 1.55. The molecule has 2 aromatic carbocycles. The van der Waals surface area contributed by atoms with Crippen LogP contribution in [0.2, 0.25) is 10.0 Å². The zero-order chi connectivity index (χ0) is 18.8. The van der Waals surface area contributed by atoms with E-state index in [9.17, 15) is 14.4 Å². The summed E-state index contributed by atoms with van der Waals surface area (Å²) in [6, 6.07) is 11.0. The summed E-state index contributed by atoms with van der Waals surface area (Å²) in [5, 5.41) is 9.25.